The Labute approximate surface area is 180 Å². The van der Waals surface area contributed by atoms with Crippen molar-refractivity contribution in [3.05, 3.63) is 64.7 Å². The number of hydrogen-bond acceptors (Lipinski definition) is 4. The molecule has 0 amide bonds. The number of halogens is 2. The minimum atomic E-state index is 0. The maximum absolute atomic E-state index is 9.32. The number of nitrogens with zero attached hydrogens (tertiary/aromatic N) is 2. The molecule has 6 heteroatoms. The van der Waals surface area contributed by atoms with Gasteiger partial charge in [0.2, 0.25) is 0 Å². The standard InChI is InChI=1S/C22H27N3O.2ClH/c1-17-14-20(21(8-9-23)25-12-10-24-11-13-25)15-18(2)22(17)26-16-19-6-4-3-5-7-19;;/h3-7,14-15,21,24H,8,10-13,16H2,1-2H3;2*1H/t21-;;/m1../s1. The molecular formula is C22H29Cl2N3O. The quantitative estimate of drug-likeness (QED) is 0.740. The molecule has 0 aromatic heterocycles. The van der Waals surface area contributed by atoms with E-state index in [4.69, 9.17) is 4.74 Å². The molecule has 152 valence electrons. The predicted molar refractivity (Wildman–Crippen MR) is 119 cm³/mol. The van der Waals surface area contributed by atoms with Gasteiger partial charge in [0.25, 0.3) is 0 Å². The molecule has 1 fully saturated rings. The Hall–Kier alpha value is -1.77. The van der Waals surface area contributed by atoms with Crippen molar-refractivity contribution in [1.29, 1.82) is 5.26 Å². The Bertz CT molecular complexity index is 748. The van der Waals surface area contributed by atoms with Crippen LogP contribution in [0, 0.1) is 25.2 Å². The van der Waals surface area contributed by atoms with Gasteiger partial charge in [-0.1, -0.05) is 42.5 Å². The van der Waals surface area contributed by atoms with Crippen molar-refractivity contribution in [3.8, 4) is 11.8 Å². The van der Waals surface area contributed by atoms with E-state index in [0.717, 1.165) is 43.1 Å². The minimum absolute atomic E-state index is 0. The summed E-state index contributed by atoms with van der Waals surface area (Å²) >= 11 is 0. The number of nitrogens with one attached hydrogen (secondary N) is 1. The molecule has 0 bridgehead atoms. The SMILES string of the molecule is Cc1cc([C@@H](CC#N)N2CCNCC2)cc(C)c1OCc1ccccc1.Cl.Cl. The van der Waals surface area contributed by atoms with Crippen LogP contribution < -0.4 is 10.1 Å². The second-order valence-corrected chi connectivity index (χ2v) is 6.92. The number of aryl methyl sites for hydroxylation is 2. The summed E-state index contributed by atoms with van der Waals surface area (Å²) in [6.07, 6.45) is 0.517. The van der Waals surface area contributed by atoms with Gasteiger partial charge in [-0.3, -0.25) is 4.90 Å². The van der Waals surface area contributed by atoms with E-state index in [1.807, 2.05) is 18.2 Å². The molecule has 2 aromatic rings. The molecule has 1 N–H and O–H groups in total. The van der Waals surface area contributed by atoms with Gasteiger partial charge in [0.05, 0.1) is 12.5 Å². The first kappa shape index (κ1) is 24.3. The fraction of sp³-hybridized carbons (Fsp3) is 0.409. The van der Waals surface area contributed by atoms with Crippen LogP contribution in [0.5, 0.6) is 5.75 Å². The van der Waals surface area contributed by atoms with E-state index in [0.29, 0.717) is 13.0 Å². The Morgan fingerprint density at radius 1 is 1.07 bits per heavy atom. The Morgan fingerprint density at radius 3 is 2.25 bits per heavy atom. The zero-order valence-corrected chi connectivity index (χ0v) is 18.1. The lowest BCUT2D eigenvalue weighted by Crippen LogP contribution is -2.45. The predicted octanol–water partition coefficient (Wildman–Crippen LogP) is 4.59. The summed E-state index contributed by atoms with van der Waals surface area (Å²) < 4.78 is 6.11. The first-order chi connectivity index (χ1) is 12.7. The third kappa shape index (κ3) is 6.12. The van der Waals surface area contributed by atoms with E-state index >= 15 is 0 Å². The number of rotatable bonds is 6. The molecule has 1 heterocycles. The molecule has 4 nitrogen and oxygen atoms in total. The number of nitriles is 1. The van der Waals surface area contributed by atoms with Crippen LogP contribution in [0.3, 0.4) is 0 Å². The van der Waals surface area contributed by atoms with E-state index < -0.39 is 0 Å². The normalized spacial score (nSPS) is 14.9. The van der Waals surface area contributed by atoms with E-state index in [9.17, 15) is 5.26 Å². The second kappa shape index (κ2) is 11.9. The van der Waals surface area contributed by atoms with E-state index in [1.165, 1.54) is 11.1 Å². The van der Waals surface area contributed by atoms with Gasteiger partial charge >= 0.3 is 0 Å². The van der Waals surface area contributed by atoms with Gasteiger partial charge in [0, 0.05) is 32.2 Å². The maximum atomic E-state index is 9.32. The fourth-order valence-electron chi connectivity index (χ4n) is 3.67. The Morgan fingerprint density at radius 2 is 1.68 bits per heavy atom. The molecule has 1 aliphatic heterocycles. The van der Waals surface area contributed by atoms with E-state index in [2.05, 4.69) is 54.4 Å². The molecule has 2 aromatic carbocycles. The first-order valence-electron chi connectivity index (χ1n) is 9.28. The van der Waals surface area contributed by atoms with Crippen LogP contribution >= 0.6 is 24.8 Å². The van der Waals surface area contributed by atoms with Crippen molar-refractivity contribution in [2.75, 3.05) is 26.2 Å². The number of piperazine rings is 1. The molecule has 0 aliphatic carbocycles. The van der Waals surface area contributed by atoms with Gasteiger partial charge in [0.1, 0.15) is 12.4 Å². The zero-order chi connectivity index (χ0) is 18.4. The molecule has 0 radical (unpaired) electrons. The molecule has 0 spiro atoms. The second-order valence-electron chi connectivity index (χ2n) is 6.92. The van der Waals surface area contributed by atoms with E-state index in [-0.39, 0.29) is 30.9 Å². The van der Waals surface area contributed by atoms with Gasteiger partial charge in [-0.15, -0.1) is 24.8 Å². The lowest BCUT2D eigenvalue weighted by molar-refractivity contribution is 0.175. The van der Waals surface area contributed by atoms with Gasteiger partial charge in [-0.05, 0) is 36.1 Å². The number of ether oxygens (including phenoxy) is 1. The maximum Gasteiger partial charge on any atom is 0.125 e. The van der Waals surface area contributed by atoms with Crippen LogP contribution in [0.1, 0.15) is 34.7 Å². The van der Waals surface area contributed by atoms with Crippen molar-refractivity contribution in [1.82, 2.24) is 10.2 Å². The highest BCUT2D eigenvalue weighted by atomic mass is 35.5. The summed E-state index contributed by atoms with van der Waals surface area (Å²) in [5.74, 6) is 0.952. The monoisotopic (exact) mass is 421 g/mol. The van der Waals surface area contributed by atoms with Crippen LogP contribution in [0.25, 0.3) is 0 Å². The molecule has 1 atom stereocenters. The topological polar surface area (TPSA) is 48.3 Å². The molecule has 1 aliphatic rings. The lowest BCUT2D eigenvalue weighted by atomic mass is 9.96. The molecule has 0 saturated carbocycles. The number of benzene rings is 2. The smallest absolute Gasteiger partial charge is 0.125 e. The summed E-state index contributed by atoms with van der Waals surface area (Å²) in [5.41, 5.74) is 4.65. The van der Waals surface area contributed by atoms with Crippen LogP contribution in [-0.2, 0) is 6.61 Å². The number of hydrogen-bond donors (Lipinski definition) is 1. The molecular weight excluding hydrogens is 393 g/mol. The highest BCUT2D eigenvalue weighted by Crippen LogP contribution is 2.32. The van der Waals surface area contributed by atoms with Crippen LogP contribution in [0.15, 0.2) is 42.5 Å². The highest BCUT2D eigenvalue weighted by molar-refractivity contribution is 5.85. The van der Waals surface area contributed by atoms with Crippen LogP contribution in [0.4, 0.5) is 0 Å². The zero-order valence-electron chi connectivity index (χ0n) is 16.5. The van der Waals surface area contributed by atoms with Crippen molar-refractivity contribution in [2.24, 2.45) is 0 Å². The summed E-state index contributed by atoms with van der Waals surface area (Å²) in [5, 5.41) is 12.7. The molecule has 3 rings (SSSR count). The summed E-state index contributed by atoms with van der Waals surface area (Å²) in [7, 11) is 0. The fourth-order valence-corrected chi connectivity index (χ4v) is 3.67. The first-order valence-corrected chi connectivity index (χ1v) is 9.28. The van der Waals surface area contributed by atoms with Crippen molar-refractivity contribution < 1.29 is 4.74 Å². The summed E-state index contributed by atoms with van der Waals surface area (Å²) in [4.78, 5) is 2.42. The summed E-state index contributed by atoms with van der Waals surface area (Å²) in [6.45, 7) is 8.70. The molecule has 0 unspecified atom stereocenters. The van der Waals surface area contributed by atoms with Gasteiger partial charge in [-0.2, -0.15) is 5.26 Å². The average molecular weight is 422 g/mol. The van der Waals surface area contributed by atoms with Crippen molar-refractivity contribution in [3.63, 3.8) is 0 Å². The average Bonchev–Trinajstić information content (AvgIpc) is 2.67. The lowest BCUT2D eigenvalue weighted by Gasteiger charge is -2.34. The van der Waals surface area contributed by atoms with Gasteiger partial charge < -0.3 is 10.1 Å². The van der Waals surface area contributed by atoms with Gasteiger partial charge in [0.15, 0.2) is 0 Å². The third-order valence-corrected chi connectivity index (χ3v) is 4.97. The van der Waals surface area contributed by atoms with Crippen molar-refractivity contribution >= 4 is 24.8 Å². The summed E-state index contributed by atoms with van der Waals surface area (Å²) in [6, 6.07) is 17.1. The Kier molecular flexibility index (Phi) is 10.3. The van der Waals surface area contributed by atoms with Gasteiger partial charge in [-0.25, -0.2) is 0 Å². The highest BCUT2D eigenvalue weighted by Gasteiger charge is 2.23. The van der Waals surface area contributed by atoms with Crippen molar-refractivity contribution in [2.45, 2.75) is 32.9 Å². The molecule has 28 heavy (non-hydrogen) atoms. The minimum Gasteiger partial charge on any atom is -0.488 e. The molecule has 1 saturated heterocycles. The van der Waals surface area contributed by atoms with Crippen LogP contribution in [-0.4, -0.2) is 31.1 Å². The van der Waals surface area contributed by atoms with E-state index in [1.54, 1.807) is 0 Å². The van der Waals surface area contributed by atoms with Crippen LogP contribution in [0.2, 0.25) is 0 Å². The third-order valence-electron chi connectivity index (χ3n) is 4.97. The Balaban J connectivity index is 0.00000196. The largest absolute Gasteiger partial charge is 0.488 e.